The third-order valence-electron chi connectivity index (χ3n) is 3.68. The summed E-state index contributed by atoms with van der Waals surface area (Å²) in [6.45, 7) is 2.11. The number of carbonyl (C=O) groups is 2. The number of ether oxygens (including phenoxy) is 1. The molecule has 7 heteroatoms. The fraction of sp³-hybridized carbons (Fsp3) is 0.733. The van der Waals surface area contributed by atoms with Gasteiger partial charge in [0, 0.05) is 6.42 Å². The van der Waals surface area contributed by atoms with E-state index in [1.54, 1.807) is 0 Å². The van der Waals surface area contributed by atoms with Gasteiger partial charge < -0.3 is 25.2 Å². The van der Waals surface area contributed by atoms with Crippen LogP contribution in [0.25, 0.3) is 0 Å². The van der Waals surface area contributed by atoms with Crippen LogP contribution in [0.15, 0.2) is 11.5 Å². The van der Waals surface area contributed by atoms with Crippen molar-refractivity contribution in [1.82, 2.24) is 0 Å². The van der Waals surface area contributed by atoms with Gasteiger partial charge in [-0.05, 0) is 6.42 Å². The fourth-order valence-corrected chi connectivity index (χ4v) is 2.28. The van der Waals surface area contributed by atoms with Crippen molar-refractivity contribution in [3.8, 4) is 0 Å². The van der Waals surface area contributed by atoms with E-state index in [0.717, 1.165) is 32.1 Å². The number of rotatable bonds is 10. The van der Waals surface area contributed by atoms with Gasteiger partial charge in [0.1, 0.15) is 12.2 Å². The van der Waals surface area contributed by atoms with E-state index in [9.17, 15) is 24.9 Å². The second kappa shape index (κ2) is 8.75. The Balaban J connectivity index is 2.38. The van der Waals surface area contributed by atoms with E-state index < -0.39 is 41.6 Å². The fourth-order valence-electron chi connectivity index (χ4n) is 2.28. The van der Waals surface area contributed by atoms with Crippen molar-refractivity contribution < 1.29 is 34.8 Å². The standard InChI is InChI=1S/C15H24O7/c1-2-3-4-5-6-7-8-9(16)10(17)11(18)14-12(19)13(20)15(21)22-14/h10-11,14,17-20H,2-8H2,1H3/t10?,11-,14+/m0/s1. The SMILES string of the molecule is CCCCCCCCC(=O)C(O)[C@H](O)[C@H]1OC(=O)C(O)=C1O. The number of hydrogen-bond donors (Lipinski definition) is 4. The Morgan fingerprint density at radius 2 is 1.73 bits per heavy atom. The Morgan fingerprint density at radius 3 is 2.27 bits per heavy atom. The van der Waals surface area contributed by atoms with Crippen LogP contribution < -0.4 is 0 Å². The minimum Gasteiger partial charge on any atom is -0.505 e. The molecular weight excluding hydrogens is 292 g/mol. The maximum atomic E-state index is 11.8. The number of aliphatic hydroxyl groups excluding tert-OH is 4. The monoisotopic (exact) mass is 316 g/mol. The normalized spacial score (nSPS) is 20.9. The van der Waals surface area contributed by atoms with Crippen LogP contribution in [0.2, 0.25) is 0 Å². The van der Waals surface area contributed by atoms with Crippen molar-refractivity contribution in [1.29, 1.82) is 0 Å². The molecule has 0 aromatic heterocycles. The number of esters is 1. The number of carbonyl (C=O) groups excluding carboxylic acids is 2. The van der Waals surface area contributed by atoms with Crippen LogP contribution in [0.1, 0.15) is 51.9 Å². The predicted octanol–water partition coefficient (Wildman–Crippen LogP) is 1.28. The highest BCUT2D eigenvalue weighted by atomic mass is 16.6. The van der Waals surface area contributed by atoms with Crippen LogP contribution >= 0.6 is 0 Å². The quantitative estimate of drug-likeness (QED) is 0.353. The van der Waals surface area contributed by atoms with E-state index in [0.29, 0.717) is 6.42 Å². The van der Waals surface area contributed by atoms with Gasteiger partial charge in [-0.3, -0.25) is 4.79 Å². The molecule has 1 aliphatic rings. The minimum atomic E-state index is -1.80. The second-order valence-electron chi connectivity index (χ2n) is 5.48. The summed E-state index contributed by atoms with van der Waals surface area (Å²) in [5, 5.41) is 38.1. The van der Waals surface area contributed by atoms with Crippen molar-refractivity contribution in [3.63, 3.8) is 0 Å². The molecule has 4 N–H and O–H groups in total. The molecular formula is C15H24O7. The first-order valence-corrected chi connectivity index (χ1v) is 7.62. The summed E-state index contributed by atoms with van der Waals surface area (Å²) in [7, 11) is 0. The highest BCUT2D eigenvalue weighted by Crippen LogP contribution is 2.23. The minimum absolute atomic E-state index is 0.0987. The van der Waals surface area contributed by atoms with Gasteiger partial charge in [-0.15, -0.1) is 0 Å². The maximum absolute atomic E-state index is 11.8. The Hall–Kier alpha value is -1.60. The average Bonchev–Trinajstić information content (AvgIpc) is 2.76. The van der Waals surface area contributed by atoms with E-state index in [1.165, 1.54) is 0 Å². The summed E-state index contributed by atoms with van der Waals surface area (Å²) in [6, 6.07) is 0. The van der Waals surface area contributed by atoms with Crippen LogP contribution in [-0.2, 0) is 14.3 Å². The highest BCUT2D eigenvalue weighted by molar-refractivity contribution is 5.89. The predicted molar refractivity (Wildman–Crippen MR) is 77.2 cm³/mol. The number of hydrogen-bond acceptors (Lipinski definition) is 7. The van der Waals surface area contributed by atoms with Gasteiger partial charge in [0.05, 0.1) is 0 Å². The molecule has 7 nitrogen and oxygen atoms in total. The van der Waals surface area contributed by atoms with Gasteiger partial charge in [-0.1, -0.05) is 39.0 Å². The zero-order valence-corrected chi connectivity index (χ0v) is 12.7. The second-order valence-corrected chi connectivity index (χ2v) is 5.48. The first-order chi connectivity index (χ1) is 10.4. The van der Waals surface area contributed by atoms with Gasteiger partial charge in [-0.25, -0.2) is 4.79 Å². The molecule has 126 valence electrons. The Labute approximate surface area is 129 Å². The van der Waals surface area contributed by atoms with Crippen molar-refractivity contribution in [2.24, 2.45) is 0 Å². The largest absolute Gasteiger partial charge is 0.505 e. The molecule has 0 radical (unpaired) electrons. The summed E-state index contributed by atoms with van der Waals surface area (Å²) in [6.07, 6.45) is 0.761. The molecule has 1 heterocycles. The smallest absolute Gasteiger partial charge is 0.377 e. The Kier molecular flexibility index (Phi) is 7.34. The van der Waals surface area contributed by atoms with E-state index in [-0.39, 0.29) is 6.42 Å². The van der Waals surface area contributed by atoms with E-state index in [2.05, 4.69) is 11.7 Å². The van der Waals surface area contributed by atoms with Crippen LogP contribution in [0.4, 0.5) is 0 Å². The van der Waals surface area contributed by atoms with E-state index in [4.69, 9.17) is 5.11 Å². The zero-order valence-electron chi connectivity index (χ0n) is 12.7. The lowest BCUT2D eigenvalue weighted by atomic mass is 9.99. The Morgan fingerprint density at radius 1 is 1.14 bits per heavy atom. The van der Waals surface area contributed by atoms with Gasteiger partial charge >= 0.3 is 5.97 Å². The molecule has 0 spiro atoms. The average molecular weight is 316 g/mol. The first kappa shape index (κ1) is 18.4. The molecule has 22 heavy (non-hydrogen) atoms. The van der Waals surface area contributed by atoms with Gasteiger partial charge in [0.25, 0.3) is 0 Å². The molecule has 3 atom stereocenters. The van der Waals surface area contributed by atoms with Crippen molar-refractivity contribution >= 4 is 11.8 Å². The van der Waals surface area contributed by atoms with E-state index in [1.807, 2.05) is 0 Å². The van der Waals surface area contributed by atoms with Gasteiger partial charge in [0.2, 0.25) is 5.76 Å². The molecule has 0 saturated heterocycles. The van der Waals surface area contributed by atoms with Gasteiger partial charge in [0.15, 0.2) is 17.6 Å². The highest BCUT2D eigenvalue weighted by Gasteiger charge is 2.43. The van der Waals surface area contributed by atoms with E-state index >= 15 is 0 Å². The third-order valence-corrected chi connectivity index (χ3v) is 3.68. The molecule has 0 amide bonds. The number of cyclic esters (lactones) is 1. The van der Waals surface area contributed by atoms with Crippen molar-refractivity contribution in [3.05, 3.63) is 11.5 Å². The maximum Gasteiger partial charge on any atom is 0.377 e. The molecule has 1 rings (SSSR count). The molecule has 0 saturated carbocycles. The molecule has 0 aromatic rings. The third kappa shape index (κ3) is 4.71. The summed E-state index contributed by atoms with van der Waals surface area (Å²) in [5.74, 6) is -3.67. The summed E-state index contributed by atoms with van der Waals surface area (Å²) in [4.78, 5) is 22.8. The molecule has 0 aliphatic carbocycles. The van der Waals surface area contributed by atoms with Crippen molar-refractivity contribution in [2.75, 3.05) is 0 Å². The van der Waals surface area contributed by atoms with Crippen LogP contribution in [0.5, 0.6) is 0 Å². The summed E-state index contributed by atoms with van der Waals surface area (Å²) < 4.78 is 4.51. The number of ketones is 1. The summed E-state index contributed by atoms with van der Waals surface area (Å²) >= 11 is 0. The van der Waals surface area contributed by atoms with Crippen LogP contribution in [-0.4, -0.2) is 50.5 Å². The molecule has 0 fully saturated rings. The Bertz CT molecular complexity index is 430. The lowest BCUT2D eigenvalue weighted by Crippen LogP contribution is -2.43. The lowest BCUT2D eigenvalue weighted by molar-refractivity contribution is -0.154. The number of aliphatic hydroxyl groups is 4. The number of unbranched alkanes of at least 4 members (excludes halogenated alkanes) is 5. The molecule has 0 bridgehead atoms. The van der Waals surface area contributed by atoms with Gasteiger partial charge in [-0.2, -0.15) is 0 Å². The molecule has 1 aliphatic heterocycles. The summed E-state index contributed by atoms with van der Waals surface area (Å²) in [5.41, 5.74) is 0. The van der Waals surface area contributed by atoms with Crippen molar-refractivity contribution in [2.45, 2.75) is 70.2 Å². The van der Waals surface area contributed by atoms with Crippen LogP contribution in [0.3, 0.4) is 0 Å². The first-order valence-electron chi connectivity index (χ1n) is 7.62. The molecule has 1 unspecified atom stereocenters. The zero-order chi connectivity index (χ0) is 16.7. The molecule has 0 aromatic carbocycles. The lowest BCUT2D eigenvalue weighted by Gasteiger charge is -2.21. The number of Topliss-reactive ketones (excluding diaryl/α,β-unsaturated/α-hetero) is 1. The van der Waals surface area contributed by atoms with Crippen LogP contribution in [0, 0.1) is 0 Å². The topological polar surface area (TPSA) is 124 Å².